The minimum atomic E-state index is -1.29. The molecule has 0 unspecified atom stereocenters. The van der Waals surface area contributed by atoms with E-state index in [2.05, 4.69) is 15.6 Å². The Morgan fingerprint density at radius 3 is 1.69 bits per heavy atom. The molecule has 16 heteroatoms. The minimum absolute atomic E-state index is 0.191. The van der Waals surface area contributed by atoms with Crippen LogP contribution < -0.4 is 16.4 Å². The first kappa shape index (κ1) is 43.1. The third kappa shape index (κ3) is 19.6. The van der Waals surface area contributed by atoms with E-state index >= 15 is 0 Å². The number of hydrogen-bond acceptors (Lipinski definition) is 9. The van der Waals surface area contributed by atoms with Crippen molar-refractivity contribution in [3.05, 3.63) is 36.0 Å². The Kier molecular flexibility index (Phi) is 17.7. The number of benzene rings is 1. The standard InChI is InChI=1S/C11H12N2O2.C11H21NO4.C10H17NO6/c12-9(11(14)15)5-7-6-13-10-4-2-1-3-8(7)10;1-7(2)6-8(9(13)14)12-10(15)16-11(3,4)5;1-10(2,3)17-9(16)11-6(8(14)15)4-5-7(12)13/h1-4,6,9,13H,5,12H2,(H,14,15);7-8H,6H2,1-5H3,(H,12,15)(H,13,14);6H,4-5H2,1-3H3,(H,11,16)(H,12,13)(H,14,15)/t9-;8-;6-/m000/s1. The number of hydrogen-bond donors (Lipinski definition) is 8. The Bertz CT molecular complexity index is 1380. The maximum Gasteiger partial charge on any atom is 0.408 e. The Hall–Kier alpha value is -4.86. The van der Waals surface area contributed by atoms with Gasteiger partial charge in [-0.2, -0.15) is 0 Å². The summed E-state index contributed by atoms with van der Waals surface area (Å²) < 4.78 is 9.85. The van der Waals surface area contributed by atoms with Crippen LogP contribution in [-0.4, -0.2) is 90.8 Å². The quantitative estimate of drug-likeness (QED) is 0.158. The number of carbonyl (C=O) groups excluding carboxylic acids is 2. The second-order valence-electron chi connectivity index (χ2n) is 13.1. The fourth-order valence-corrected chi connectivity index (χ4v) is 3.74. The predicted octanol–water partition coefficient (Wildman–Crippen LogP) is 3.96. The van der Waals surface area contributed by atoms with Gasteiger partial charge in [0, 0.05) is 29.9 Å². The minimum Gasteiger partial charge on any atom is -0.481 e. The summed E-state index contributed by atoms with van der Waals surface area (Å²) in [6, 6.07) is 4.76. The molecule has 0 aliphatic heterocycles. The van der Waals surface area contributed by atoms with Crippen LogP contribution in [0.3, 0.4) is 0 Å². The molecule has 16 nitrogen and oxygen atoms in total. The molecule has 0 spiro atoms. The molecule has 48 heavy (non-hydrogen) atoms. The summed E-state index contributed by atoms with van der Waals surface area (Å²) in [5, 5.41) is 40.3. The summed E-state index contributed by atoms with van der Waals surface area (Å²) in [6.45, 7) is 13.9. The van der Waals surface area contributed by atoms with Gasteiger partial charge in [0.1, 0.15) is 29.3 Å². The molecule has 0 aliphatic carbocycles. The first-order valence-corrected chi connectivity index (χ1v) is 15.1. The number of H-pyrrole nitrogens is 1. The van der Waals surface area contributed by atoms with Gasteiger partial charge in [-0.15, -0.1) is 0 Å². The van der Waals surface area contributed by atoms with E-state index in [1.165, 1.54) is 0 Å². The van der Waals surface area contributed by atoms with E-state index in [9.17, 15) is 28.8 Å². The number of para-hydroxylation sites is 1. The van der Waals surface area contributed by atoms with E-state index in [0.29, 0.717) is 12.8 Å². The maximum absolute atomic E-state index is 11.4. The van der Waals surface area contributed by atoms with Gasteiger partial charge in [-0.25, -0.2) is 19.2 Å². The zero-order valence-corrected chi connectivity index (χ0v) is 28.7. The molecule has 0 saturated carbocycles. The second-order valence-corrected chi connectivity index (χ2v) is 13.1. The predicted molar refractivity (Wildman–Crippen MR) is 176 cm³/mol. The van der Waals surface area contributed by atoms with Crippen LogP contribution in [-0.2, 0) is 35.1 Å². The number of aliphatic carboxylic acids is 4. The number of aromatic nitrogens is 1. The Balaban J connectivity index is 0.000000691. The molecule has 0 bridgehead atoms. The van der Waals surface area contributed by atoms with Crippen LogP contribution in [0.15, 0.2) is 30.5 Å². The topological polar surface area (TPSA) is 268 Å². The normalized spacial score (nSPS) is 13.0. The fourth-order valence-electron chi connectivity index (χ4n) is 3.74. The number of carbonyl (C=O) groups is 6. The fraction of sp³-hybridized carbons (Fsp3) is 0.562. The van der Waals surface area contributed by atoms with Gasteiger partial charge in [0.15, 0.2) is 0 Å². The van der Waals surface area contributed by atoms with E-state index in [1.54, 1.807) is 41.5 Å². The van der Waals surface area contributed by atoms with Crippen molar-refractivity contribution in [3.63, 3.8) is 0 Å². The molecule has 2 amide bonds. The van der Waals surface area contributed by atoms with Crippen LogP contribution in [0.2, 0.25) is 0 Å². The van der Waals surface area contributed by atoms with Crippen molar-refractivity contribution >= 4 is 47.0 Å². The van der Waals surface area contributed by atoms with Crippen LogP contribution in [0, 0.1) is 5.92 Å². The first-order chi connectivity index (χ1) is 21.9. The monoisotopic (exact) mass is 682 g/mol. The van der Waals surface area contributed by atoms with Gasteiger partial charge >= 0.3 is 36.1 Å². The molecule has 9 N–H and O–H groups in total. The molecule has 1 aromatic carbocycles. The number of fused-ring (bicyclic) bond motifs is 1. The second kappa shape index (κ2) is 19.7. The third-order valence-corrected chi connectivity index (χ3v) is 5.76. The van der Waals surface area contributed by atoms with Crippen molar-refractivity contribution in [2.75, 3.05) is 0 Å². The highest BCUT2D eigenvalue weighted by Crippen LogP contribution is 2.18. The molecule has 270 valence electrons. The number of aromatic amines is 1. The third-order valence-electron chi connectivity index (χ3n) is 5.76. The summed E-state index contributed by atoms with van der Waals surface area (Å²) in [5.41, 5.74) is 6.08. The zero-order valence-electron chi connectivity index (χ0n) is 28.7. The van der Waals surface area contributed by atoms with Crippen molar-refractivity contribution in [2.24, 2.45) is 11.7 Å². The lowest BCUT2D eigenvalue weighted by molar-refractivity contribution is -0.141. The number of carboxylic acid groups (broad SMARTS) is 4. The van der Waals surface area contributed by atoms with Crippen LogP contribution in [0.5, 0.6) is 0 Å². The van der Waals surface area contributed by atoms with Gasteiger partial charge in [-0.3, -0.25) is 9.59 Å². The average Bonchev–Trinajstić information content (AvgIpc) is 3.31. The lowest BCUT2D eigenvalue weighted by Gasteiger charge is -2.22. The average molecular weight is 683 g/mol. The lowest BCUT2D eigenvalue weighted by atomic mass is 10.0. The van der Waals surface area contributed by atoms with E-state index in [-0.39, 0.29) is 18.8 Å². The molecule has 0 aliphatic rings. The summed E-state index contributed by atoms with van der Waals surface area (Å²) in [6.07, 6.45) is 0.439. The molecular formula is C32H50N4O12. The number of alkyl carbamates (subject to hydrolysis) is 2. The molecule has 1 aromatic heterocycles. The lowest BCUT2D eigenvalue weighted by Crippen LogP contribution is -2.44. The van der Waals surface area contributed by atoms with Gasteiger partial charge in [0.25, 0.3) is 0 Å². The molecule has 3 atom stereocenters. The molecule has 0 radical (unpaired) electrons. The van der Waals surface area contributed by atoms with Gasteiger partial charge in [-0.1, -0.05) is 32.0 Å². The van der Waals surface area contributed by atoms with E-state index in [0.717, 1.165) is 16.5 Å². The molecule has 2 aromatic rings. The van der Waals surface area contributed by atoms with Crippen LogP contribution in [0.4, 0.5) is 9.59 Å². The molecule has 0 saturated heterocycles. The van der Waals surface area contributed by atoms with E-state index in [1.807, 2.05) is 44.3 Å². The number of carboxylic acids is 4. The summed E-state index contributed by atoms with van der Waals surface area (Å²) in [7, 11) is 0. The van der Waals surface area contributed by atoms with Crippen LogP contribution >= 0.6 is 0 Å². The molecule has 2 rings (SSSR count). The van der Waals surface area contributed by atoms with Crippen molar-refractivity contribution in [1.29, 1.82) is 0 Å². The number of amides is 2. The Morgan fingerprint density at radius 1 is 0.792 bits per heavy atom. The Morgan fingerprint density at radius 2 is 1.27 bits per heavy atom. The number of nitrogens with one attached hydrogen (secondary N) is 3. The Labute approximate surface area is 279 Å². The highest BCUT2D eigenvalue weighted by Gasteiger charge is 2.25. The number of nitrogens with two attached hydrogens (primary N) is 1. The largest absolute Gasteiger partial charge is 0.481 e. The highest BCUT2D eigenvalue weighted by atomic mass is 16.6. The summed E-state index contributed by atoms with van der Waals surface area (Å²) >= 11 is 0. The molecule has 1 heterocycles. The highest BCUT2D eigenvalue weighted by molar-refractivity contribution is 5.84. The van der Waals surface area contributed by atoms with E-state index in [4.69, 9.17) is 35.6 Å². The van der Waals surface area contributed by atoms with Crippen molar-refractivity contribution in [2.45, 2.75) is 110 Å². The van der Waals surface area contributed by atoms with Gasteiger partial charge in [0.2, 0.25) is 0 Å². The van der Waals surface area contributed by atoms with Gasteiger partial charge in [-0.05, 0) is 71.9 Å². The summed E-state index contributed by atoms with van der Waals surface area (Å²) in [5.74, 6) is -4.24. The van der Waals surface area contributed by atoms with Gasteiger partial charge in [0.05, 0.1) is 0 Å². The van der Waals surface area contributed by atoms with Crippen LogP contribution in [0.25, 0.3) is 10.9 Å². The van der Waals surface area contributed by atoms with E-state index < -0.39 is 65.4 Å². The molecule has 0 fully saturated rings. The SMILES string of the molecule is CC(C)(C)OC(=O)N[C@@H](CCC(=O)O)C(=O)O.CC(C)C[C@H](NC(=O)OC(C)(C)C)C(=O)O.N[C@@H](Cc1c[nH]c2ccccc12)C(=O)O. The number of ether oxygens (including phenoxy) is 2. The number of rotatable bonds is 12. The smallest absolute Gasteiger partial charge is 0.408 e. The summed E-state index contributed by atoms with van der Waals surface area (Å²) in [4.78, 5) is 68.3. The molecular weight excluding hydrogens is 632 g/mol. The van der Waals surface area contributed by atoms with Crippen molar-refractivity contribution in [1.82, 2.24) is 15.6 Å². The van der Waals surface area contributed by atoms with Gasteiger partial charge < -0.3 is 51.3 Å². The maximum atomic E-state index is 11.4. The zero-order chi connectivity index (χ0) is 37.4. The van der Waals surface area contributed by atoms with Crippen LogP contribution in [0.1, 0.15) is 80.2 Å². The van der Waals surface area contributed by atoms with Crippen molar-refractivity contribution in [3.8, 4) is 0 Å². The van der Waals surface area contributed by atoms with Crippen molar-refractivity contribution < 1.29 is 58.7 Å². The first-order valence-electron chi connectivity index (χ1n) is 15.1.